The van der Waals surface area contributed by atoms with Crippen molar-refractivity contribution in [3.05, 3.63) is 58.4 Å². The van der Waals surface area contributed by atoms with Crippen LogP contribution in [0.1, 0.15) is 36.0 Å². The van der Waals surface area contributed by atoms with E-state index in [0.29, 0.717) is 25.0 Å². The van der Waals surface area contributed by atoms with E-state index >= 15 is 0 Å². The summed E-state index contributed by atoms with van der Waals surface area (Å²) in [6.07, 6.45) is 2.52. The summed E-state index contributed by atoms with van der Waals surface area (Å²) in [4.78, 5) is 12.3. The quantitative estimate of drug-likeness (QED) is 0.605. The van der Waals surface area contributed by atoms with E-state index in [-0.39, 0.29) is 44.7 Å². The molecule has 0 aromatic heterocycles. The van der Waals surface area contributed by atoms with Crippen molar-refractivity contribution in [2.24, 2.45) is 17.8 Å². The van der Waals surface area contributed by atoms with E-state index in [1.54, 1.807) is 0 Å². The molecule has 2 saturated carbocycles. The molecule has 5 nitrogen and oxygen atoms in total. The Bertz CT molecular complexity index is 1140. The third-order valence-corrected chi connectivity index (χ3v) is 8.72. The molecule has 0 aliphatic heterocycles. The largest absolute Gasteiger partial charge is 0.393 e. The number of carbonyl (C=O) groups excluding carboxylic acids is 1. The maximum atomic E-state index is 13.4. The van der Waals surface area contributed by atoms with E-state index in [1.807, 2.05) is 0 Å². The monoisotopic (exact) mass is 487 g/mol. The molecule has 4 atom stereocenters. The first-order valence-electron chi connectivity index (χ1n) is 10.2. The summed E-state index contributed by atoms with van der Waals surface area (Å²) in [5.41, 5.74) is -0.400. The zero-order valence-corrected chi connectivity index (χ0v) is 18.4. The summed E-state index contributed by atoms with van der Waals surface area (Å²) in [7, 11) is -3.84. The molecule has 0 radical (unpaired) electrons. The lowest BCUT2D eigenvalue weighted by atomic mass is 9.78. The highest BCUT2D eigenvalue weighted by Gasteiger charge is 2.44. The van der Waals surface area contributed by atoms with E-state index in [9.17, 15) is 31.5 Å². The molecule has 2 aliphatic rings. The van der Waals surface area contributed by atoms with Gasteiger partial charge in [0.15, 0.2) is 27.3 Å². The first-order chi connectivity index (χ1) is 15.0. The van der Waals surface area contributed by atoms with Gasteiger partial charge in [-0.25, -0.2) is 21.6 Å². The third kappa shape index (κ3) is 4.51. The van der Waals surface area contributed by atoms with Crippen LogP contribution in [-0.4, -0.2) is 31.3 Å². The molecule has 0 spiro atoms. The molecule has 0 saturated heterocycles. The SMILES string of the molecule is O=C(Nc1cc(F)c(F)c(F)c1)c1ccc(Cl)c(S(=O)(=O)C[C@@H]2C3CC[C@H]2C[C@H](O)C3)c1. The van der Waals surface area contributed by atoms with Gasteiger partial charge in [0, 0.05) is 23.4 Å². The van der Waals surface area contributed by atoms with Crippen LogP contribution in [0.4, 0.5) is 18.9 Å². The maximum Gasteiger partial charge on any atom is 0.255 e. The lowest BCUT2D eigenvalue weighted by Gasteiger charge is -2.32. The van der Waals surface area contributed by atoms with Crippen molar-refractivity contribution in [2.75, 3.05) is 11.1 Å². The van der Waals surface area contributed by atoms with Gasteiger partial charge in [-0.3, -0.25) is 4.79 Å². The zero-order valence-electron chi connectivity index (χ0n) is 16.8. The van der Waals surface area contributed by atoms with Gasteiger partial charge in [-0.1, -0.05) is 11.6 Å². The molecule has 4 rings (SSSR count). The molecule has 2 fully saturated rings. The molecular formula is C22H21ClF3NO4S. The highest BCUT2D eigenvalue weighted by atomic mass is 35.5. The Morgan fingerprint density at radius 1 is 1.06 bits per heavy atom. The highest BCUT2D eigenvalue weighted by Crippen LogP contribution is 2.48. The van der Waals surface area contributed by atoms with Gasteiger partial charge in [0.2, 0.25) is 0 Å². The minimum Gasteiger partial charge on any atom is -0.393 e. The topological polar surface area (TPSA) is 83.5 Å². The molecule has 0 heterocycles. The fourth-order valence-electron chi connectivity index (χ4n) is 4.95. The van der Waals surface area contributed by atoms with Gasteiger partial charge in [-0.2, -0.15) is 0 Å². The number of hydrogen-bond acceptors (Lipinski definition) is 4. The number of nitrogens with one attached hydrogen (secondary N) is 1. The fraction of sp³-hybridized carbons (Fsp3) is 0.409. The second kappa shape index (κ2) is 8.68. The van der Waals surface area contributed by atoms with E-state index in [0.717, 1.165) is 18.9 Å². The Labute approximate surface area is 188 Å². The van der Waals surface area contributed by atoms with Crippen molar-refractivity contribution in [2.45, 2.75) is 36.7 Å². The van der Waals surface area contributed by atoms with Gasteiger partial charge in [0.25, 0.3) is 5.91 Å². The van der Waals surface area contributed by atoms with Crippen LogP contribution in [0.25, 0.3) is 0 Å². The smallest absolute Gasteiger partial charge is 0.255 e. The lowest BCUT2D eigenvalue weighted by Crippen LogP contribution is -2.33. The van der Waals surface area contributed by atoms with E-state index in [1.165, 1.54) is 12.1 Å². The number of benzene rings is 2. The summed E-state index contributed by atoms with van der Waals surface area (Å²) in [5.74, 6) is -5.37. The van der Waals surface area contributed by atoms with Crippen molar-refractivity contribution >= 4 is 33.0 Å². The molecule has 2 N–H and O–H groups in total. The summed E-state index contributed by atoms with van der Waals surface area (Å²) >= 11 is 6.14. The minimum atomic E-state index is -3.84. The highest BCUT2D eigenvalue weighted by molar-refractivity contribution is 7.91. The Morgan fingerprint density at radius 2 is 1.66 bits per heavy atom. The third-order valence-electron chi connectivity index (χ3n) is 6.45. The summed E-state index contributed by atoms with van der Waals surface area (Å²) in [6.45, 7) is 0. The van der Waals surface area contributed by atoms with Crippen LogP contribution in [-0.2, 0) is 9.84 Å². The molecule has 2 bridgehead atoms. The molecule has 10 heteroatoms. The summed E-state index contributed by atoms with van der Waals surface area (Å²) < 4.78 is 66.2. The van der Waals surface area contributed by atoms with Crippen molar-refractivity contribution in [3.63, 3.8) is 0 Å². The van der Waals surface area contributed by atoms with Crippen molar-refractivity contribution < 1.29 is 31.5 Å². The van der Waals surface area contributed by atoms with Crippen molar-refractivity contribution in [1.82, 2.24) is 0 Å². The summed E-state index contributed by atoms with van der Waals surface area (Å²) in [5, 5.41) is 12.1. The number of halogens is 4. The van der Waals surface area contributed by atoms with Crippen LogP contribution in [0.3, 0.4) is 0 Å². The van der Waals surface area contributed by atoms with Gasteiger partial charge in [0.05, 0.1) is 21.8 Å². The molecule has 172 valence electrons. The lowest BCUT2D eigenvalue weighted by molar-refractivity contribution is 0.0683. The van der Waals surface area contributed by atoms with E-state index in [4.69, 9.17) is 11.6 Å². The van der Waals surface area contributed by atoms with Gasteiger partial charge in [-0.15, -0.1) is 0 Å². The van der Waals surface area contributed by atoms with Gasteiger partial charge >= 0.3 is 0 Å². The number of amides is 1. The van der Waals surface area contributed by atoms with Crippen LogP contribution in [0.5, 0.6) is 0 Å². The van der Waals surface area contributed by atoms with Gasteiger partial charge in [0.1, 0.15) is 0 Å². The normalized spacial score (nSPS) is 25.0. The standard InChI is InChI=1S/C22H21ClF3NO4S/c23-17-4-3-13(22(29)27-14-8-18(24)21(26)19(25)9-14)7-20(17)32(30,31)10-16-11-1-2-12(16)6-15(28)5-11/h3-4,7-9,11-12,15-16,28H,1-2,5-6,10H2,(H,27,29)/t11-,12?,15-,16-/m0/s1. The molecule has 1 amide bonds. The van der Waals surface area contributed by atoms with Gasteiger partial charge < -0.3 is 10.4 Å². The second-order valence-corrected chi connectivity index (χ2v) is 10.9. The van der Waals surface area contributed by atoms with Crippen LogP contribution in [0.2, 0.25) is 5.02 Å². The maximum absolute atomic E-state index is 13.4. The van der Waals surface area contributed by atoms with E-state index in [2.05, 4.69) is 5.32 Å². The van der Waals surface area contributed by atoms with Crippen LogP contribution >= 0.6 is 11.6 Å². The van der Waals surface area contributed by atoms with E-state index < -0.39 is 39.3 Å². The molecule has 32 heavy (non-hydrogen) atoms. The Balaban J connectivity index is 1.56. The predicted octanol–water partition coefficient (Wildman–Crippen LogP) is 4.58. The second-order valence-electron chi connectivity index (χ2n) is 8.52. The molecular weight excluding hydrogens is 467 g/mol. The Morgan fingerprint density at radius 3 is 2.25 bits per heavy atom. The number of sulfone groups is 1. The minimum absolute atomic E-state index is 0.0383. The fourth-order valence-corrected chi connectivity index (χ4v) is 7.32. The number of fused-ring (bicyclic) bond motifs is 2. The average Bonchev–Trinajstić information content (AvgIpc) is 2.94. The first kappa shape index (κ1) is 23.1. The Hall–Kier alpha value is -2.10. The number of anilines is 1. The molecule has 1 unspecified atom stereocenters. The number of aliphatic hydroxyl groups is 1. The van der Waals surface area contributed by atoms with Crippen molar-refractivity contribution in [1.29, 1.82) is 0 Å². The Kier molecular flexibility index (Phi) is 6.26. The zero-order chi connectivity index (χ0) is 23.2. The van der Waals surface area contributed by atoms with Gasteiger partial charge in [-0.05, 0) is 61.6 Å². The molecule has 2 aromatic rings. The summed E-state index contributed by atoms with van der Waals surface area (Å²) in [6, 6.07) is 4.93. The molecule has 2 aromatic carbocycles. The van der Waals surface area contributed by atoms with Crippen molar-refractivity contribution in [3.8, 4) is 0 Å². The van der Waals surface area contributed by atoms with Crippen LogP contribution < -0.4 is 5.32 Å². The van der Waals surface area contributed by atoms with Crippen LogP contribution in [0.15, 0.2) is 35.2 Å². The number of carbonyl (C=O) groups is 1. The number of hydrogen-bond donors (Lipinski definition) is 2. The predicted molar refractivity (Wildman–Crippen MR) is 113 cm³/mol. The number of rotatable bonds is 5. The first-order valence-corrected chi connectivity index (χ1v) is 12.2. The molecule has 2 aliphatic carbocycles. The van der Waals surface area contributed by atoms with Crippen LogP contribution in [0, 0.1) is 35.2 Å². The average molecular weight is 488 g/mol. The number of aliphatic hydroxyl groups excluding tert-OH is 1.